The molecule has 3 heteroatoms. The molecular weight excluding hydrogens is 228 g/mol. The zero-order valence-electron chi connectivity index (χ0n) is 10.0. The molecule has 0 aliphatic heterocycles. The van der Waals surface area contributed by atoms with Crippen molar-refractivity contribution in [3.8, 4) is 0 Å². The van der Waals surface area contributed by atoms with Crippen molar-refractivity contribution >= 4 is 11.3 Å². The number of thiophene rings is 1. The Balaban J connectivity index is 1.81. The van der Waals surface area contributed by atoms with Crippen LogP contribution in [0.2, 0.25) is 0 Å². The van der Waals surface area contributed by atoms with E-state index < -0.39 is 0 Å². The Bertz CT molecular complexity index is 450. The minimum Gasteiger partial charge on any atom is -0.323 e. The summed E-state index contributed by atoms with van der Waals surface area (Å²) in [6.07, 6.45) is 0. The predicted molar refractivity (Wildman–Crippen MR) is 74.1 cm³/mol. The van der Waals surface area contributed by atoms with Crippen molar-refractivity contribution < 1.29 is 0 Å². The highest BCUT2D eigenvalue weighted by atomic mass is 32.1. The molecule has 0 aliphatic rings. The molecule has 0 aliphatic carbocycles. The normalized spacial score (nSPS) is 12.6. The molecule has 0 saturated carbocycles. The van der Waals surface area contributed by atoms with Crippen molar-refractivity contribution in [3.05, 3.63) is 57.8 Å². The van der Waals surface area contributed by atoms with Gasteiger partial charge in [-0.2, -0.15) is 11.3 Å². The Morgan fingerprint density at radius 3 is 2.65 bits per heavy atom. The average molecular weight is 246 g/mol. The first-order chi connectivity index (χ1) is 8.27. The van der Waals surface area contributed by atoms with Gasteiger partial charge in [0, 0.05) is 19.1 Å². The molecule has 0 bridgehead atoms. The fourth-order valence-electron chi connectivity index (χ4n) is 1.75. The van der Waals surface area contributed by atoms with Gasteiger partial charge in [-0.25, -0.2) is 0 Å². The Labute approximate surface area is 106 Å². The molecule has 1 aromatic carbocycles. The topological polar surface area (TPSA) is 38.0 Å². The maximum absolute atomic E-state index is 6.11. The van der Waals surface area contributed by atoms with Crippen LogP contribution in [0.25, 0.3) is 0 Å². The second-order valence-corrected chi connectivity index (χ2v) is 4.97. The highest BCUT2D eigenvalue weighted by Crippen LogP contribution is 2.13. The summed E-state index contributed by atoms with van der Waals surface area (Å²) in [6.45, 7) is 3.85. The number of rotatable bonds is 5. The Hall–Kier alpha value is -1.16. The summed E-state index contributed by atoms with van der Waals surface area (Å²) in [6, 6.07) is 10.3. The fraction of sp³-hybridized carbons (Fsp3) is 0.286. The van der Waals surface area contributed by atoms with E-state index in [2.05, 4.69) is 35.1 Å². The van der Waals surface area contributed by atoms with E-state index in [1.54, 1.807) is 11.3 Å². The van der Waals surface area contributed by atoms with E-state index >= 15 is 0 Å². The first kappa shape index (κ1) is 12.3. The molecule has 1 unspecified atom stereocenters. The highest BCUT2D eigenvalue weighted by Gasteiger charge is 2.05. The molecule has 1 aromatic heterocycles. The van der Waals surface area contributed by atoms with Crippen molar-refractivity contribution in [1.82, 2.24) is 5.32 Å². The lowest BCUT2D eigenvalue weighted by Crippen LogP contribution is -2.26. The Kier molecular flexibility index (Phi) is 4.31. The van der Waals surface area contributed by atoms with Gasteiger partial charge in [-0.3, -0.25) is 0 Å². The van der Waals surface area contributed by atoms with Crippen LogP contribution in [0, 0.1) is 6.92 Å². The molecule has 2 rings (SSSR count). The van der Waals surface area contributed by atoms with E-state index in [4.69, 9.17) is 5.73 Å². The lowest BCUT2D eigenvalue weighted by atomic mass is 10.1. The molecular formula is C14H18N2S. The molecule has 17 heavy (non-hydrogen) atoms. The molecule has 2 nitrogen and oxygen atoms in total. The van der Waals surface area contributed by atoms with Crippen molar-refractivity contribution in [3.63, 3.8) is 0 Å². The third kappa shape index (κ3) is 3.40. The van der Waals surface area contributed by atoms with Gasteiger partial charge in [0.25, 0.3) is 0 Å². The zero-order chi connectivity index (χ0) is 12.1. The Morgan fingerprint density at radius 1 is 1.24 bits per heavy atom. The lowest BCUT2D eigenvalue weighted by molar-refractivity contribution is 0.598. The van der Waals surface area contributed by atoms with Gasteiger partial charge in [-0.1, -0.05) is 30.3 Å². The van der Waals surface area contributed by atoms with Crippen LogP contribution in [0.15, 0.2) is 41.1 Å². The van der Waals surface area contributed by atoms with E-state index in [1.165, 1.54) is 16.7 Å². The van der Waals surface area contributed by atoms with Gasteiger partial charge in [0.1, 0.15) is 0 Å². The van der Waals surface area contributed by atoms with Crippen LogP contribution in [0.1, 0.15) is 22.7 Å². The first-order valence-corrected chi connectivity index (χ1v) is 6.74. The number of aryl methyl sites for hydroxylation is 1. The lowest BCUT2D eigenvalue weighted by Gasteiger charge is -2.13. The van der Waals surface area contributed by atoms with E-state index in [1.807, 2.05) is 18.2 Å². The Morgan fingerprint density at radius 2 is 2.00 bits per heavy atom. The summed E-state index contributed by atoms with van der Waals surface area (Å²) in [5.74, 6) is 0. The van der Waals surface area contributed by atoms with Gasteiger partial charge in [0.2, 0.25) is 0 Å². The minimum absolute atomic E-state index is 0.0649. The van der Waals surface area contributed by atoms with Crippen molar-refractivity contribution in [1.29, 1.82) is 0 Å². The first-order valence-electron chi connectivity index (χ1n) is 5.80. The van der Waals surface area contributed by atoms with E-state index in [-0.39, 0.29) is 6.04 Å². The van der Waals surface area contributed by atoms with E-state index in [0.29, 0.717) is 0 Å². The van der Waals surface area contributed by atoms with Crippen LogP contribution in [0.3, 0.4) is 0 Å². The summed E-state index contributed by atoms with van der Waals surface area (Å²) in [4.78, 5) is 0. The minimum atomic E-state index is 0.0649. The maximum atomic E-state index is 6.11. The van der Waals surface area contributed by atoms with Crippen molar-refractivity contribution in [2.24, 2.45) is 5.73 Å². The standard InChI is InChI=1S/C14H18N2S/c1-11-9-17-10-13(11)7-16-8-14(15)12-5-3-2-4-6-12/h2-6,9-10,14,16H,7-8,15H2,1H3. The molecule has 1 atom stereocenters. The summed E-state index contributed by atoms with van der Waals surface area (Å²) in [5.41, 5.74) is 10.0. The van der Waals surface area contributed by atoms with Crippen LogP contribution in [0.4, 0.5) is 0 Å². The van der Waals surface area contributed by atoms with Gasteiger partial charge < -0.3 is 11.1 Å². The quantitative estimate of drug-likeness (QED) is 0.851. The number of hydrogen-bond donors (Lipinski definition) is 2. The fourth-order valence-corrected chi connectivity index (χ4v) is 2.61. The maximum Gasteiger partial charge on any atom is 0.0421 e. The second kappa shape index (κ2) is 5.96. The van der Waals surface area contributed by atoms with Crippen LogP contribution >= 0.6 is 11.3 Å². The molecule has 0 fully saturated rings. The largest absolute Gasteiger partial charge is 0.323 e. The van der Waals surface area contributed by atoms with Gasteiger partial charge in [-0.05, 0) is 34.4 Å². The summed E-state index contributed by atoms with van der Waals surface area (Å²) in [7, 11) is 0. The molecule has 1 heterocycles. The van der Waals surface area contributed by atoms with Crippen LogP contribution in [-0.2, 0) is 6.54 Å². The summed E-state index contributed by atoms with van der Waals surface area (Å²) in [5, 5.41) is 7.77. The van der Waals surface area contributed by atoms with Gasteiger partial charge in [0.05, 0.1) is 0 Å². The summed E-state index contributed by atoms with van der Waals surface area (Å²) < 4.78 is 0. The number of hydrogen-bond acceptors (Lipinski definition) is 3. The molecule has 3 N–H and O–H groups in total. The highest BCUT2D eigenvalue weighted by molar-refractivity contribution is 7.08. The summed E-state index contributed by atoms with van der Waals surface area (Å²) >= 11 is 1.75. The molecule has 0 radical (unpaired) electrons. The van der Waals surface area contributed by atoms with Crippen molar-refractivity contribution in [2.75, 3.05) is 6.54 Å². The number of nitrogens with one attached hydrogen (secondary N) is 1. The zero-order valence-corrected chi connectivity index (χ0v) is 10.8. The number of nitrogens with two attached hydrogens (primary N) is 1. The number of benzene rings is 1. The van der Waals surface area contributed by atoms with Gasteiger partial charge in [0.15, 0.2) is 0 Å². The predicted octanol–water partition coefficient (Wildman–Crippen LogP) is 2.85. The third-order valence-corrected chi connectivity index (χ3v) is 3.78. The van der Waals surface area contributed by atoms with E-state index in [9.17, 15) is 0 Å². The van der Waals surface area contributed by atoms with Crippen LogP contribution in [-0.4, -0.2) is 6.54 Å². The SMILES string of the molecule is Cc1cscc1CNCC(N)c1ccccc1. The molecule has 90 valence electrons. The van der Waals surface area contributed by atoms with Gasteiger partial charge >= 0.3 is 0 Å². The van der Waals surface area contributed by atoms with E-state index in [0.717, 1.165) is 13.1 Å². The van der Waals surface area contributed by atoms with Crippen LogP contribution < -0.4 is 11.1 Å². The molecule has 0 spiro atoms. The molecule has 0 amide bonds. The monoisotopic (exact) mass is 246 g/mol. The van der Waals surface area contributed by atoms with Crippen molar-refractivity contribution in [2.45, 2.75) is 19.5 Å². The molecule has 0 saturated heterocycles. The third-order valence-electron chi connectivity index (χ3n) is 2.87. The smallest absolute Gasteiger partial charge is 0.0421 e. The molecule has 2 aromatic rings. The average Bonchev–Trinajstić information content (AvgIpc) is 2.76. The second-order valence-electron chi connectivity index (χ2n) is 4.23. The van der Waals surface area contributed by atoms with Crippen LogP contribution in [0.5, 0.6) is 0 Å². The van der Waals surface area contributed by atoms with Gasteiger partial charge in [-0.15, -0.1) is 0 Å².